The summed E-state index contributed by atoms with van der Waals surface area (Å²) in [6.45, 7) is 1.14. The molecule has 0 saturated carbocycles. The second-order valence-corrected chi connectivity index (χ2v) is 5.02. The molecule has 1 heterocycles. The highest BCUT2D eigenvalue weighted by atomic mass is 19.4. The Balaban J connectivity index is 2.28. The topological polar surface area (TPSA) is 44.4 Å². The zero-order valence-corrected chi connectivity index (χ0v) is 11.9. The number of amides is 1. The van der Waals surface area contributed by atoms with Crippen LogP contribution in [0.1, 0.15) is 24.9 Å². The molecule has 0 aliphatic carbocycles. The van der Waals surface area contributed by atoms with E-state index in [1.807, 2.05) is 6.92 Å². The lowest BCUT2D eigenvalue weighted by atomic mass is 10.1. The van der Waals surface area contributed by atoms with Crippen LogP contribution in [0.4, 0.5) is 24.5 Å². The first-order valence-corrected chi connectivity index (χ1v) is 6.79. The van der Waals surface area contributed by atoms with Gasteiger partial charge in [0.05, 0.1) is 0 Å². The monoisotopic (exact) mass is 301 g/mol. The molecule has 1 aromatic rings. The summed E-state index contributed by atoms with van der Waals surface area (Å²) < 4.78 is 37.9. The molecule has 0 spiro atoms. The summed E-state index contributed by atoms with van der Waals surface area (Å²) in [5, 5.41) is 5.57. The van der Waals surface area contributed by atoms with Gasteiger partial charge in [0, 0.05) is 23.5 Å². The number of carbonyl (C=O) groups excluding carboxylic acids is 1. The maximum absolute atomic E-state index is 12.6. The Morgan fingerprint density at radius 2 is 2.10 bits per heavy atom. The summed E-state index contributed by atoms with van der Waals surface area (Å²) in [7, 11) is 1.67. The number of alkyl halides is 3. The third-order valence-corrected chi connectivity index (χ3v) is 3.39. The van der Waals surface area contributed by atoms with Crippen LogP contribution in [-0.2, 0) is 4.79 Å². The molecular formula is C14H18F3N3O. The number of hydrogen-bond donors (Lipinski definition) is 2. The minimum Gasteiger partial charge on any atom is -0.363 e. The van der Waals surface area contributed by atoms with E-state index < -0.39 is 18.8 Å². The molecule has 0 radical (unpaired) electrons. The van der Waals surface area contributed by atoms with Gasteiger partial charge in [-0.25, -0.2) is 0 Å². The fraction of sp³-hybridized carbons (Fsp3) is 0.500. The van der Waals surface area contributed by atoms with Gasteiger partial charge in [-0.1, -0.05) is 13.0 Å². The second-order valence-electron chi connectivity index (χ2n) is 5.02. The first kappa shape index (κ1) is 15.6. The Morgan fingerprint density at radius 1 is 1.38 bits per heavy atom. The number of nitrogens with zero attached hydrogens (tertiary/aromatic N) is 1. The molecule has 2 N–H and O–H groups in total. The number of hydrogen-bond acceptors (Lipinski definition) is 3. The molecule has 1 amide bonds. The smallest absolute Gasteiger partial charge is 0.363 e. The van der Waals surface area contributed by atoms with Crippen LogP contribution in [0.3, 0.4) is 0 Å². The zero-order valence-electron chi connectivity index (χ0n) is 11.9. The number of benzene rings is 1. The molecule has 1 aromatic carbocycles. The maximum atomic E-state index is 12.6. The molecule has 0 aromatic heterocycles. The van der Waals surface area contributed by atoms with Crippen LogP contribution in [0.25, 0.3) is 0 Å². The van der Waals surface area contributed by atoms with Crippen molar-refractivity contribution >= 4 is 17.3 Å². The van der Waals surface area contributed by atoms with Crippen LogP contribution in [0, 0.1) is 0 Å². The zero-order chi connectivity index (χ0) is 15.6. The fourth-order valence-electron chi connectivity index (χ4n) is 2.52. The van der Waals surface area contributed by atoms with Gasteiger partial charge in [-0.05, 0) is 25.6 Å². The predicted molar refractivity (Wildman–Crippen MR) is 75.4 cm³/mol. The standard InChI is InChI=1S/C14H18F3N3O/c1-3-6-20(8-14(15,16)17)9-4-5-10-11(7-9)19-13(21)12(10)18-2/h4-5,7,12,18H,3,6,8H2,1-2H3,(H,19,21). The lowest BCUT2D eigenvalue weighted by Crippen LogP contribution is -2.34. The maximum Gasteiger partial charge on any atom is 0.405 e. The Morgan fingerprint density at radius 3 is 2.67 bits per heavy atom. The van der Waals surface area contributed by atoms with E-state index in [0.717, 1.165) is 5.56 Å². The number of fused-ring (bicyclic) bond motifs is 1. The summed E-state index contributed by atoms with van der Waals surface area (Å²) in [5.74, 6) is -0.192. The number of carbonyl (C=O) groups is 1. The molecule has 7 heteroatoms. The lowest BCUT2D eigenvalue weighted by Gasteiger charge is -2.26. The highest BCUT2D eigenvalue weighted by Gasteiger charge is 2.32. The lowest BCUT2D eigenvalue weighted by molar-refractivity contribution is -0.120. The van der Waals surface area contributed by atoms with E-state index >= 15 is 0 Å². The van der Waals surface area contributed by atoms with Crippen LogP contribution in [0.5, 0.6) is 0 Å². The van der Waals surface area contributed by atoms with Gasteiger partial charge in [0.25, 0.3) is 0 Å². The van der Waals surface area contributed by atoms with Gasteiger partial charge >= 0.3 is 6.18 Å². The van der Waals surface area contributed by atoms with Gasteiger partial charge in [0.2, 0.25) is 5.91 Å². The Labute approximate surface area is 121 Å². The van der Waals surface area contributed by atoms with Gasteiger partial charge in [-0.15, -0.1) is 0 Å². The summed E-state index contributed by atoms with van der Waals surface area (Å²) in [6.07, 6.45) is -3.65. The highest BCUT2D eigenvalue weighted by Crippen LogP contribution is 2.34. The summed E-state index contributed by atoms with van der Waals surface area (Å²) in [6, 6.07) is 4.48. The molecule has 116 valence electrons. The second kappa shape index (κ2) is 5.93. The van der Waals surface area contributed by atoms with E-state index in [-0.39, 0.29) is 5.91 Å². The normalized spacial score (nSPS) is 17.6. The van der Waals surface area contributed by atoms with E-state index in [0.29, 0.717) is 24.3 Å². The third-order valence-electron chi connectivity index (χ3n) is 3.39. The summed E-state index contributed by atoms with van der Waals surface area (Å²) in [4.78, 5) is 13.0. The SMILES string of the molecule is CCCN(CC(F)(F)F)c1ccc2c(c1)NC(=O)C2NC. The molecule has 21 heavy (non-hydrogen) atoms. The average Bonchev–Trinajstić information content (AvgIpc) is 2.70. The first-order chi connectivity index (χ1) is 9.85. The molecule has 0 fully saturated rings. The van der Waals surface area contributed by atoms with Crippen LogP contribution >= 0.6 is 0 Å². The van der Waals surface area contributed by atoms with Gasteiger partial charge in [-0.2, -0.15) is 13.2 Å². The number of halogens is 3. The highest BCUT2D eigenvalue weighted by molar-refractivity contribution is 6.03. The van der Waals surface area contributed by atoms with Crippen molar-refractivity contribution in [3.05, 3.63) is 23.8 Å². The van der Waals surface area contributed by atoms with Gasteiger partial charge in [0.1, 0.15) is 12.6 Å². The average molecular weight is 301 g/mol. The molecule has 0 bridgehead atoms. The van der Waals surface area contributed by atoms with Crippen LogP contribution in [0.15, 0.2) is 18.2 Å². The third kappa shape index (κ3) is 3.47. The van der Waals surface area contributed by atoms with Crippen LogP contribution < -0.4 is 15.5 Å². The quantitative estimate of drug-likeness (QED) is 0.879. The number of likely N-dealkylation sites (N-methyl/N-ethyl adjacent to an activating group) is 1. The van der Waals surface area contributed by atoms with Crippen molar-refractivity contribution in [1.82, 2.24) is 5.32 Å². The van der Waals surface area contributed by atoms with Gasteiger partial charge in [0.15, 0.2) is 0 Å². The molecule has 1 aliphatic heterocycles. The largest absolute Gasteiger partial charge is 0.405 e. The molecule has 4 nitrogen and oxygen atoms in total. The number of nitrogens with one attached hydrogen (secondary N) is 2. The van der Waals surface area contributed by atoms with E-state index in [1.54, 1.807) is 25.2 Å². The fourth-order valence-corrected chi connectivity index (χ4v) is 2.52. The molecule has 1 aliphatic rings. The van der Waals surface area contributed by atoms with Crippen molar-refractivity contribution in [2.24, 2.45) is 0 Å². The van der Waals surface area contributed by atoms with Crippen molar-refractivity contribution in [2.45, 2.75) is 25.6 Å². The van der Waals surface area contributed by atoms with Crippen molar-refractivity contribution in [3.8, 4) is 0 Å². The van der Waals surface area contributed by atoms with E-state index in [1.165, 1.54) is 4.90 Å². The van der Waals surface area contributed by atoms with E-state index in [4.69, 9.17) is 0 Å². The van der Waals surface area contributed by atoms with Crippen molar-refractivity contribution in [3.63, 3.8) is 0 Å². The van der Waals surface area contributed by atoms with Gasteiger partial charge < -0.3 is 15.5 Å². The summed E-state index contributed by atoms with van der Waals surface area (Å²) in [5.41, 5.74) is 1.79. The number of rotatable bonds is 5. The van der Waals surface area contributed by atoms with Crippen LogP contribution in [0.2, 0.25) is 0 Å². The van der Waals surface area contributed by atoms with Crippen molar-refractivity contribution in [1.29, 1.82) is 0 Å². The Bertz CT molecular complexity index is 531. The minimum absolute atomic E-state index is 0.192. The number of anilines is 2. The van der Waals surface area contributed by atoms with Crippen molar-refractivity contribution in [2.75, 3.05) is 30.4 Å². The molecule has 1 unspecified atom stereocenters. The molecule has 2 rings (SSSR count). The Hall–Kier alpha value is -1.76. The van der Waals surface area contributed by atoms with Crippen LogP contribution in [-0.4, -0.2) is 32.2 Å². The minimum atomic E-state index is -4.26. The van der Waals surface area contributed by atoms with Gasteiger partial charge in [-0.3, -0.25) is 4.79 Å². The molecular weight excluding hydrogens is 283 g/mol. The molecule has 0 saturated heterocycles. The van der Waals surface area contributed by atoms with Crippen molar-refractivity contribution < 1.29 is 18.0 Å². The molecule has 1 atom stereocenters. The van der Waals surface area contributed by atoms with E-state index in [2.05, 4.69) is 10.6 Å². The summed E-state index contributed by atoms with van der Waals surface area (Å²) >= 11 is 0. The predicted octanol–water partition coefficient (Wildman–Crippen LogP) is 2.68. The van der Waals surface area contributed by atoms with E-state index in [9.17, 15) is 18.0 Å². The Kier molecular flexibility index (Phi) is 4.41. The first-order valence-electron chi connectivity index (χ1n) is 6.79.